The first-order valence-corrected chi connectivity index (χ1v) is 9.29. The smallest absolute Gasteiger partial charge is 0.146 e. The van der Waals surface area contributed by atoms with E-state index < -0.39 is 5.41 Å². The number of carbonyl (C=O) groups is 2. The number of hydrogen-bond donors (Lipinski definition) is 0. The number of ketones is 1. The van der Waals surface area contributed by atoms with E-state index in [0.29, 0.717) is 24.4 Å². The molecule has 3 heteroatoms. The monoisotopic (exact) mass is 320 g/mol. The Morgan fingerprint density at radius 1 is 1.09 bits per heavy atom. The number of rotatable bonds is 2. The second-order valence-electron chi connectivity index (χ2n) is 9.58. The van der Waals surface area contributed by atoms with Crippen LogP contribution in [0.2, 0.25) is 0 Å². The topological polar surface area (TPSA) is 43.4 Å². The molecule has 4 unspecified atom stereocenters. The van der Waals surface area contributed by atoms with Crippen molar-refractivity contribution in [3.63, 3.8) is 0 Å². The lowest BCUT2D eigenvalue weighted by atomic mass is 9.50. The zero-order valence-corrected chi connectivity index (χ0v) is 15.4. The fraction of sp³-hybridized carbons (Fsp3) is 0.900. The highest BCUT2D eigenvalue weighted by molar-refractivity contribution is 5.98. The fourth-order valence-electron chi connectivity index (χ4n) is 5.93. The molecule has 130 valence electrons. The molecule has 0 N–H and O–H groups in total. The lowest BCUT2D eigenvalue weighted by Gasteiger charge is -2.54. The molecule has 0 saturated heterocycles. The minimum atomic E-state index is -0.743. The number of carbonyl (C=O) groups excluding carboxylic acids is 2. The summed E-state index contributed by atoms with van der Waals surface area (Å²) in [5.74, 6) is 1.52. The van der Waals surface area contributed by atoms with Gasteiger partial charge in [-0.1, -0.05) is 6.92 Å². The normalized spacial score (nSPS) is 47.1. The summed E-state index contributed by atoms with van der Waals surface area (Å²) in [6, 6.07) is 0. The standard InChI is InChI=1S/C20H32O3/c1-18(2,3)23-17-9-7-14-13-6-8-16(22)20(5,12-21)15(13)10-11-19(14,17)4/h12-15,17H,6-11H2,1-5H3/t13?,14?,15?,17?,19-,20+/m0/s1. The number of ether oxygens (including phenoxy) is 1. The average molecular weight is 320 g/mol. The van der Waals surface area contributed by atoms with E-state index in [0.717, 1.165) is 32.0 Å². The maximum absolute atomic E-state index is 12.4. The zero-order valence-electron chi connectivity index (χ0n) is 15.4. The van der Waals surface area contributed by atoms with Gasteiger partial charge in [-0.25, -0.2) is 0 Å². The number of aldehydes is 1. The van der Waals surface area contributed by atoms with Crippen LogP contribution in [0.4, 0.5) is 0 Å². The minimum absolute atomic E-state index is 0.112. The molecule has 0 aromatic rings. The van der Waals surface area contributed by atoms with E-state index in [1.54, 1.807) is 0 Å². The van der Waals surface area contributed by atoms with Crippen LogP contribution in [0.5, 0.6) is 0 Å². The molecule has 0 aromatic carbocycles. The Kier molecular flexibility index (Phi) is 4.03. The molecule has 0 aliphatic heterocycles. The molecule has 3 saturated carbocycles. The molecular weight excluding hydrogens is 288 g/mol. The molecule has 0 radical (unpaired) electrons. The quantitative estimate of drug-likeness (QED) is 0.566. The second-order valence-corrected chi connectivity index (χ2v) is 9.58. The van der Waals surface area contributed by atoms with Crippen LogP contribution in [-0.4, -0.2) is 23.8 Å². The van der Waals surface area contributed by atoms with E-state index in [1.807, 2.05) is 6.92 Å². The molecule has 3 rings (SSSR count). The lowest BCUT2D eigenvalue weighted by Crippen LogP contribution is -2.54. The van der Waals surface area contributed by atoms with Gasteiger partial charge in [0.2, 0.25) is 0 Å². The van der Waals surface area contributed by atoms with E-state index in [4.69, 9.17) is 4.74 Å². The largest absolute Gasteiger partial charge is 0.372 e. The molecule has 0 heterocycles. The third-order valence-corrected chi connectivity index (χ3v) is 7.17. The maximum Gasteiger partial charge on any atom is 0.146 e. The molecule has 0 spiro atoms. The summed E-state index contributed by atoms with van der Waals surface area (Å²) < 4.78 is 6.41. The van der Waals surface area contributed by atoms with Crippen LogP contribution in [0.25, 0.3) is 0 Å². The van der Waals surface area contributed by atoms with Crippen LogP contribution >= 0.6 is 0 Å². The first kappa shape index (κ1) is 17.1. The predicted octanol–water partition coefficient (Wildman–Crippen LogP) is 4.18. The molecule has 3 nitrogen and oxygen atoms in total. The number of Topliss-reactive ketones (excluding diaryl/α,β-unsaturated/α-hetero) is 1. The summed E-state index contributed by atoms with van der Waals surface area (Å²) in [6.45, 7) is 10.7. The first-order valence-electron chi connectivity index (χ1n) is 9.29. The fourth-order valence-corrected chi connectivity index (χ4v) is 5.93. The van der Waals surface area contributed by atoms with Crippen LogP contribution in [0.3, 0.4) is 0 Å². The Labute approximate surface area is 140 Å². The van der Waals surface area contributed by atoms with Crippen molar-refractivity contribution in [1.29, 1.82) is 0 Å². The third-order valence-electron chi connectivity index (χ3n) is 7.17. The van der Waals surface area contributed by atoms with Crippen LogP contribution in [-0.2, 0) is 14.3 Å². The van der Waals surface area contributed by atoms with Crippen molar-refractivity contribution in [3.05, 3.63) is 0 Å². The van der Waals surface area contributed by atoms with Gasteiger partial charge in [0.05, 0.1) is 17.1 Å². The van der Waals surface area contributed by atoms with E-state index in [9.17, 15) is 9.59 Å². The third kappa shape index (κ3) is 2.59. The second kappa shape index (κ2) is 5.40. The van der Waals surface area contributed by atoms with Gasteiger partial charge in [-0.15, -0.1) is 0 Å². The Bertz CT molecular complexity index is 506. The van der Waals surface area contributed by atoms with Crippen LogP contribution in [0.1, 0.15) is 73.1 Å². The van der Waals surface area contributed by atoms with Gasteiger partial charge in [-0.2, -0.15) is 0 Å². The minimum Gasteiger partial charge on any atom is -0.372 e. The van der Waals surface area contributed by atoms with Crippen LogP contribution in [0.15, 0.2) is 0 Å². The molecule has 6 atom stereocenters. The van der Waals surface area contributed by atoms with Gasteiger partial charge in [0.1, 0.15) is 12.1 Å². The molecule has 0 aromatic heterocycles. The van der Waals surface area contributed by atoms with Gasteiger partial charge in [-0.05, 0) is 83.0 Å². The number of hydrogen-bond acceptors (Lipinski definition) is 3. The molecule has 3 aliphatic rings. The molecule has 23 heavy (non-hydrogen) atoms. The summed E-state index contributed by atoms with van der Waals surface area (Å²) in [5, 5.41) is 0. The molecule has 0 bridgehead atoms. The maximum atomic E-state index is 12.4. The van der Waals surface area contributed by atoms with Gasteiger partial charge in [0.15, 0.2) is 0 Å². The van der Waals surface area contributed by atoms with E-state index in [2.05, 4.69) is 27.7 Å². The van der Waals surface area contributed by atoms with Crippen molar-refractivity contribution in [2.75, 3.05) is 0 Å². The van der Waals surface area contributed by atoms with Gasteiger partial charge in [0.25, 0.3) is 0 Å². The molecule has 3 aliphatic carbocycles. The van der Waals surface area contributed by atoms with Gasteiger partial charge in [-0.3, -0.25) is 4.79 Å². The molecule has 3 fully saturated rings. The van der Waals surface area contributed by atoms with Crippen molar-refractivity contribution in [2.45, 2.75) is 84.8 Å². The van der Waals surface area contributed by atoms with E-state index in [1.165, 1.54) is 6.42 Å². The average Bonchev–Trinajstić information content (AvgIpc) is 2.78. The van der Waals surface area contributed by atoms with Crippen molar-refractivity contribution in [3.8, 4) is 0 Å². The van der Waals surface area contributed by atoms with Crippen molar-refractivity contribution < 1.29 is 14.3 Å². The summed E-state index contributed by atoms with van der Waals surface area (Å²) in [4.78, 5) is 24.1. The highest BCUT2D eigenvalue weighted by Gasteiger charge is 2.60. The molecular formula is C20H32O3. The Hall–Kier alpha value is -0.700. The van der Waals surface area contributed by atoms with Gasteiger partial charge in [0, 0.05) is 6.42 Å². The highest BCUT2D eigenvalue weighted by atomic mass is 16.5. The van der Waals surface area contributed by atoms with Crippen molar-refractivity contribution in [2.24, 2.45) is 28.6 Å². The Balaban J connectivity index is 1.86. The number of fused-ring (bicyclic) bond motifs is 3. The first-order chi connectivity index (χ1) is 10.6. The predicted molar refractivity (Wildman–Crippen MR) is 90.1 cm³/mol. The van der Waals surface area contributed by atoms with Crippen LogP contribution < -0.4 is 0 Å². The van der Waals surface area contributed by atoms with E-state index >= 15 is 0 Å². The van der Waals surface area contributed by atoms with Crippen molar-refractivity contribution in [1.82, 2.24) is 0 Å². The van der Waals surface area contributed by atoms with Crippen LogP contribution in [0, 0.1) is 28.6 Å². The summed E-state index contributed by atoms with van der Waals surface area (Å²) >= 11 is 0. The summed E-state index contributed by atoms with van der Waals surface area (Å²) in [6.07, 6.45) is 7.18. The van der Waals surface area contributed by atoms with E-state index in [-0.39, 0.29) is 22.7 Å². The summed E-state index contributed by atoms with van der Waals surface area (Å²) in [5.41, 5.74) is -0.648. The summed E-state index contributed by atoms with van der Waals surface area (Å²) in [7, 11) is 0. The Morgan fingerprint density at radius 3 is 2.39 bits per heavy atom. The molecule has 0 amide bonds. The SMILES string of the molecule is CC(C)(C)OC1CCC2C3CCC(=O)[C@](C)(C=O)C3CC[C@]12C. The highest BCUT2D eigenvalue weighted by Crippen LogP contribution is 2.62. The van der Waals surface area contributed by atoms with Crippen molar-refractivity contribution >= 4 is 12.1 Å². The lowest BCUT2D eigenvalue weighted by molar-refractivity contribution is -0.158. The Morgan fingerprint density at radius 2 is 1.78 bits per heavy atom. The van der Waals surface area contributed by atoms with Gasteiger partial charge < -0.3 is 9.53 Å². The van der Waals surface area contributed by atoms with Gasteiger partial charge >= 0.3 is 0 Å². The zero-order chi connectivity index (χ0) is 17.0.